The minimum atomic E-state index is 0.334. The van der Waals surface area contributed by atoms with E-state index in [1.807, 2.05) is 30.3 Å². The molecular weight excluding hydrogens is 248 g/mol. The Morgan fingerprint density at radius 1 is 1.29 bits per heavy atom. The first-order chi connectivity index (χ1) is 8.09. The zero-order chi connectivity index (χ0) is 12.4. The standard InChI is InChI=1S/C13H14N2S2/c1-8(2)10-11(12(14)16)17-13(15-10)9-6-4-3-5-7-9/h3-8H,1-2H3,(H2,14,16). The Labute approximate surface area is 111 Å². The van der Waals surface area contributed by atoms with E-state index in [0.29, 0.717) is 10.9 Å². The second-order valence-electron chi connectivity index (χ2n) is 4.12. The van der Waals surface area contributed by atoms with Gasteiger partial charge in [-0.15, -0.1) is 11.3 Å². The molecule has 0 aliphatic rings. The Hall–Kier alpha value is -1.26. The van der Waals surface area contributed by atoms with Crippen LogP contribution in [-0.2, 0) is 0 Å². The number of hydrogen-bond acceptors (Lipinski definition) is 3. The van der Waals surface area contributed by atoms with Gasteiger partial charge in [0.05, 0.1) is 10.6 Å². The molecule has 0 saturated carbocycles. The van der Waals surface area contributed by atoms with Crippen molar-refractivity contribution < 1.29 is 0 Å². The number of nitrogens with two attached hydrogens (primary N) is 1. The summed E-state index contributed by atoms with van der Waals surface area (Å²) in [7, 11) is 0. The van der Waals surface area contributed by atoms with Crippen LogP contribution in [0.2, 0.25) is 0 Å². The number of thiazole rings is 1. The summed E-state index contributed by atoms with van der Waals surface area (Å²) in [6.07, 6.45) is 0. The average molecular weight is 262 g/mol. The van der Waals surface area contributed by atoms with Gasteiger partial charge in [0.2, 0.25) is 0 Å². The Morgan fingerprint density at radius 2 is 1.94 bits per heavy atom. The number of benzene rings is 1. The first-order valence-corrected chi connectivity index (χ1v) is 6.68. The summed E-state index contributed by atoms with van der Waals surface area (Å²) in [5.74, 6) is 0.334. The van der Waals surface area contributed by atoms with Crippen molar-refractivity contribution >= 4 is 28.5 Å². The molecule has 1 aromatic carbocycles. The summed E-state index contributed by atoms with van der Waals surface area (Å²) in [6, 6.07) is 10.1. The van der Waals surface area contributed by atoms with Crippen LogP contribution >= 0.6 is 23.6 Å². The van der Waals surface area contributed by atoms with Crippen LogP contribution < -0.4 is 5.73 Å². The molecule has 2 nitrogen and oxygen atoms in total. The van der Waals surface area contributed by atoms with Crippen molar-refractivity contribution in [1.82, 2.24) is 4.98 Å². The lowest BCUT2D eigenvalue weighted by Crippen LogP contribution is -2.10. The van der Waals surface area contributed by atoms with E-state index in [9.17, 15) is 0 Å². The molecule has 88 valence electrons. The van der Waals surface area contributed by atoms with Crippen molar-refractivity contribution in [2.24, 2.45) is 5.73 Å². The Morgan fingerprint density at radius 3 is 2.41 bits per heavy atom. The van der Waals surface area contributed by atoms with Crippen molar-refractivity contribution in [2.75, 3.05) is 0 Å². The molecule has 17 heavy (non-hydrogen) atoms. The van der Waals surface area contributed by atoms with Crippen molar-refractivity contribution in [3.63, 3.8) is 0 Å². The second kappa shape index (κ2) is 4.94. The molecule has 0 bridgehead atoms. The molecule has 0 saturated heterocycles. The van der Waals surface area contributed by atoms with Crippen molar-refractivity contribution in [2.45, 2.75) is 19.8 Å². The van der Waals surface area contributed by atoms with Crippen LogP contribution in [0.4, 0.5) is 0 Å². The van der Waals surface area contributed by atoms with E-state index >= 15 is 0 Å². The third-order valence-corrected chi connectivity index (χ3v) is 3.93. The van der Waals surface area contributed by atoms with Crippen LogP contribution in [0.5, 0.6) is 0 Å². The number of rotatable bonds is 3. The summed E-state index contributed by atoms with van der Waals surface area (Å²) in [6.45, 7) is 4.21. The number of hydrogen-bond donors (Lipinski definition) is 1. The van der Waals surface area contributed by atoms with Gasteiger partial charge >= 0.3 is 0 Å². The van der Waals surface area contributed by atoms with Crippen molar-refractivity contribution in [3.8, 4) is 10.6 Å². The SMILES string of the molecule is CC(C)c1nc(-c2ccccc2)sc1C(N)=S. The van der Waals surface area contributed by atoms with E-state index in [1.54, 1.807) is 11.3 Å². The number of aromatic nitrogens is 1. The van der Waals surface area contributed by atoms with E-state index < -0.39 is 0 Å². The molecule has 1 heterocycles. The van der Waals surface area contributed by atoms with Crippen LogP contribution in [0, 0.1) is 0 Å². The van der Waals surface area contributed by atoms with Crippen LogP contribution in [0.1, 0.15) is 30.3 Å². The zero-order valence-corrected chi connectivity index (χ0v) is 11.4. The third-order valence-electron chi connectivity index (χ3n) is 2.44. The highest BCUT2D eigenvalue weighted by atomic mass is 32.1. The number of thiocarbonyl (C=S) groups is 1. The molecule has 2 aromatic rings. The van der Waals surface area contributed by atoms with E-state index in [1.165, 1.54) is 0 Å². The van der Waals surface area contributed by atoms with Gasteiger partial charge in [-0.3, -0.25) is 0 Å². The topological polar surface area (TPSA) is 38.9 Å². The lowest BCUT2D eigenvalue weighted by Gasteiger charge is -2.02. The maximum atomic E-state index is 5.75. The molecule has 0 atom stereocenters. The van der Waals surface area contributed by atoms with Crippen LogP contribution in [0.25, 0.3) is 10.6 Å². The third kappa shape index (κ3) is 2.53. The highest BCUT2D eigenvalue weighted by molar-refractivity contribution is 7.81. The summed E-state index contributed by atoms with van der Waals surface area (Å²) in [4.78, 5) is 6.03. The highest BCUT2D eigenvalue weighted by Crippen LogP contribution is 2.31. The normalized spacial score (nSPS) is 10.8. The zero-order valence-electron chi connectivity index (χ0n) is 9.81. The maximum absolute atomic E-state index is 5.75. The lowest BCUT2D eigenvalue weighted by molar-refractivity contribution is 0.832. The molecule has 0 amide bonds. The second-order valence-corrected chi connectivity index (χ2v) is 5.56. The van der Waals surface area contributed by atoms with Crippen LogP contribution in [0.15, 0.2) is 30.3 Å². The highest BCUT2D eigenvalue weighted by Gasteiger charge is 2.16. The molecule has 0 radical (unpaired) electrons. The first kappa shape index (κ1) is 12.2. The molecular formula is C13H14N2S2. The fraction of sp³-hybridized carbons (Fsp3) is 0.231. The first-order valence-electron chi connectivity index (χ1n) is 5.45. The fourth-order valence-corrected chi connectivity index (χ4v) is 2.91. The molecule has 0 fully saturated rings. The molecule has 2 N–H and O–H groups in total. The molecule has 2 rings (SSSR count). The monoisotopic (exact) mass is 262 g/mol. The van der Waals surface area contributed by atoms with Crippen LogP contribution in [0.3, 0.4) is 0 Å². The van der Waals surface area contributed by atoms with E-state index in [2.05, 4.69) is 18.8 Å². The Kier molecular flexibility index (Phi) is 3.54. The Bertz CT molecular complexity index is 530. The quantitative estimate of drug-likeness (QED) is 0.859. The summed E-state index contributed by atoms with van der Waals surface area (Å²) < 4.78 is 0. The van der Waals surface area contributed by atoms with Gasteiger partial charge in [-0.05, 0) is 5.92 Å². The van der Waals surface area contributed by atoms with Crippen molar-refractivity contribution in [1.29, 1.82) is 0 Å². The summed E-state index contributed by atoms with van der Waals surface area (Å²) >= 11 is 6.65. The Balaban J connectivity index is 2.51. The molecule has 4 heteroatoms. The predicted octanol–water partition coefficient (Wildman–Crippen LogP) is 3.57. The maximum Gasteiger partial charge on any atom is 0.124 e. The van der Waals surface area contributed by atoms with Crippen molar-refractivity contribution in [3.05, 3.63) is 40.9 Å². The average Bonchev–Trinajstić information content (AvgIpc) is 2.75. The van der Waals surface area contributed by atoms with Gasteiger partial charge in [0.15, 0.2) is 0 Å². The minimum absolute atomic E-state index is 0.334. The van der Waals surface area contributed by atoms with Gasteiger partial charge in [-0.1, -0.05) is 56.4 Å². The van der Waals surface area contributed by atoms with Gasteiger partial charge in [0.1, 0.15) is 10.00 Å². The molecule has 0 unspecified atom stereocenters. The van der Waals surface area contributed by atoms with E-state index in [0.717, 1.165) is 21.1 Å². The molecule has 0 spiro atoms. The van der Waals surface area contributed by atoms with Crippen LogP contribution in [-0.4, -0.2) is 9.97 Å². The largest absolute Gasteiger partial charge is 0.389 e. The smallest absolute Gasteiger partial charge is 0.124 e. The van der Waals surface area contributed by atoms with Gasteiger partial charge in [0.25, 0.3) is 0 Å². The van der Waals surface area contributed by atoms with Gasteiger partial charge in [-0.2, -0.15) is 0 Å². The molecule has 0 aliphatic heterocycles. The van der Waals surface area contributed by atoms with Gasteiger partial charge in [0, 0.05) is 5.56 Å². The molecule has 1 aromatic heterocycles. The number of nitrogens with zero attached hydrogens (tertiary/aromatic N) is 1. The summed E-state index contributed by atoms with van der Waals surface area (Å²) in [5.41, 5.74) is 7.86. The summed E-state index contributed by atoms with van der Waals surface area (Å²) in [5, 5.41) is 0.983. The predicted molar refractivity (Wildman–Crippen MR) is 77.5 cm³/mol. The fourth-order valence-electron chi connectivity index (χ4n) is 1.60. The van der Waals surface area contributed by atoms with Gasteiger partial charge in [-0.25, -0.2) is 4.98 Å². The van der Waals surface area contributed by atoms with Gasteiger partial charge < -0.3 is 5.73 Å². The molecule has 0 aliphatic carbocycles. The van der Waals surface area contributed by atoms with E-state index in [4.69, 9.17) is 18.0 Å². The lowest BCUT2D eigenvalue weighted by atomic mass is 10.1. The minimum Gasteiger partial charge on any atom is -0.389 e. The van der Waals surface area contributed by atoms with E-state index in [-0.39, 0.29) is 0 Å².